The van der Waals surface area contributed by atoms with Gasteiger partial charge < -0.3 is 5.32 Å². The van der Waals surface area contributed by atoms with Gasteiger partial charge in [-0.1, -0.05) is 24.3 Å². The highest BCUT2D eigenvalue weighted by Gasteiger charge is 2.30. The van der Waals surface area contributed by atoms with Crippen molar-refractivity contribution in [1.29, 1.82) is 0 Å². The van der Waals surface area contributed by atoms with Gasteiger partial charge >= 0.3 is 0 Å². The van der Waals surface area contributed by atoms with Crippen molar-refractivity contribution in [2.24, 2.45) is 0 Å². The molecule has 2 rings (SSSR count). The fourth-order valence-electron chi connectivity index (χ4n) is 2.21. The van der Waals surface area contributed by atoms with Crippen molar-refractivity contribution in [2.75, 3.05) is 5.75 Å². The van der Waals surface area contributed by atoms with Crippen LogP contribution in [-0.2, 0) is 16.4 Å². The third kappa shape index (κ3) is 2.59. The van der Waals surface area contributed by atoms with E-state index in [1.54, 1.807) is 20.8 Å². The van der Waals surface area contributed by atoms with Crippen LogP contribution >= 0.6 is 0 Å². The van der Waals surface area contributed by atoms with E-state index >= 15 is 0 Å². The highest BCUT2D eigenvalue weighted by Crippen LogP contribution is 2.29. The molecule has 0 spiro atoms. The molecule has 0 aromatic heterocycles. The van der Waals surface area contributed by atoms with Crippen molar-refractivity contribution in [3.8, 4) is 0 Å². The molecule has 1 aliphatic heterocycles. The molecular weight excluding hydrogens is 246 g/mol. The first-order valence-corrected chi connectivity index (χ1v) is 8.00. The number of benzene rings is 1. The van der Waals surface area contributed by atoms with Gasteiger partial charge in [0.2, 0.25) is 0 Å². The minimum absolute atomic E-state index is 0.179. The molecule has 1 aliphatic rings. The zero-order valence-corrected chi connectivity index (χ0v) is 12.0. The van der Waals surface area contributed by atoms with Crippen LogP contribution in [0.15, 0.2) is 24.3 Å². The summed E-state index contributed by atoms with van der Waals surface area (Å²) in [7, 11) is -3.03. The third-order valence-corrected chi connectivity index (χ3v) is 6.22. The molecule has 1 heterocycles. The lowest BCUT2D eigenvalue weighted by atomic mass is 10.0. The molecule has 0 fully saturated rings. The van der Waals surface area contributed by atoms with Gasteiger partial charge in [-0.25, -0.2) is 8.42 Å². The molecule has 1 aromatic rings. The van der Waals surface area contributed by atoms with Gasteiger partial charge in [-0.15, -0.1) is 0 Å². The number of sulfone groups is 1. The second kappa shape index (κ2) is 4.67. The molecule has 4 heteroatoms. The molecule has 100 valence electrons. The molecule has 0 radical (unpaired) electrons. The number of fused-ring (bicyclic) bond motifs is 1. The Labute approximate surface area is 110 Å². The zero-order chi connectivity index (χ0) is 13.4. The maximum Gasteiger partial charge on any atom is 0.155 e. The maximum atomic E-state index is 12.1. The predicted octanol–water partition coefficient (Wildman–Crippen LogP) is 2.43. The summed E-state index contributed by atoms with van der Waals surface area (Å²) in [6, 6.07) is 8.40. The van der Waals surface area contributed by atoms with E-state index in [0.29, 0.717) is 6.42 Å². The second-order valence-electron chi connectivity index (χ2n) is 5.85. The van der Waals surface area contributed by atoms with Crippen LogP contribution in [0.25, 0.3) is 0 Å². The fourth-order valence-corrected chi connectivity index (χ4v) is 3.37. The van der Waals surface area contributed by atoms with Crippen LogP contribution in [0.2, 0.25) is 0 Å². The molecule has 0 aliphatic carbocycles. The summed E-state index contributed by atoms with van der Waals surface area (Å²) in [5.41, 5.74) is 2.54. The molecule has 0 bridgehead atoms. The average Bonchev–Trinajstić information content (AvgIpc) is 2.68. The van der Waals surface area contributed by atoms with Crippen molar-refractivity contribution in [3.05, 3.63) is 35.4 Å². The van der Waals surface area contributed by atoms with Crippen molar-refractivity contribution >= 4 is 9.84 Å². The molecule has 1 unspecified atom stereocenters. The second-order valence-corrected chi connectivity index (χ2v) is 8.71. The van der Waals surface area contributed by atoms with Gasteiger partial charge in [0.25, 0.3) is 0 Å². The van der Waals surface area contributed by atoms with Crippen molar-refractivity contribution in [2.45, 2.75) is 44.5 Å². The molecular formula is C14H21NO2S. The Hall–Kier alpha value is -0.870. The van der Waals surface area contributed by atoms with E-state index in [2.05, 4.69) is 17.4 Å². The molecule has 1 N–H and O–H groups in total. The first-order valence-electron chi connectivity index (χ1n) is 6.35. The molecule has 18 heavy (non-hydrogen) atoms. The summed E-state index contributed by atoms with van der Waals surface area (Å²) in [5.74, 6) is 0.239. The molecule has 0 saturated heterocycles. The van der Waals surface area contributed by atoms with E-state index in [4.69, 9.17) is 0 Å². The van der Waals surface area contributed by atoms with Gasteiger partial charge in [0.1, 0.15) is 0 Å². The summed E-state index contributed by atoms with van der Waals surface area (Å²) in [5, 5.41) is 3.38. The summed E-state index contributed by atoms with van der Waals surface area (Å²) in [6.45, 7) is 6.13. The van der Waals surface area contributed by atoms with E-state index in [1.807, 2.05) is 12.1 Å². The van der Waals surface area contributed by atoms with Gasteiger partial charge in [-0.05, 0) is 38.3 Å². The largest absolute Gasteiger partial charge is 0.306 e. The van der Waals surface area contributed by atoms with Crippen LogP contribution in [0.1, 0.15) is 44.4 Å². The molecule has 3 nitrogen and oxygen atoms in total. The van der Waals surface area contributed by atoms with Gasteiger partial charge in [0.05, 0.1) is 10.5 Å². The number of nitrogens with one attached hydrogen (secondary N) is 1. The van der Waals surface area contributed by atoms with E-state index in [1.165, 1.54) is 11.1 Å². The van der Waals surface area contributed by atoms with E-state index in [9.17, 15) is 8.42 Å². The normalized spacial score (nSPS) is 19.8. The summed E-state index contributed by atoms with van der Waals surface area (Å²) < 4.78 is 23.5. The SMILES string of the molecule is CC(C)(C)S(=O)(=O)CCC1NCc2ccccc21. The minimum Gasteiger partial charge on any atom is -0.306 e. The van der Waals surface area contributed by atoms with E-state index in [-0.39, 0.29) is 11.8 Å². The van der Waals surface area contributed by atoms with Crippen LogP contribution in [0.4, 0.5) is 0 Å². The third-order valence-electron chi connectivity index (χ3n) is 3.58. The monoisotopic (exact) mass is 267 g/mol. The smallest absolute Gasteiger partial charge is 0.155 e. The van der Waals surface area contributed by atoms with Crippen LogP contribution in [0.5, 0.6) is 0 Å². The first kappa shape index (κ1) is 13.6. The maximum absolute atomic E-state index is 12.1. The standard InChI is InChI=1S/C14H21NO2S/c1-14(2,3)18(16,17)9-8-13-12-7-5-4-6-11(12)10-15-13/h4-7,13,15H,8-10H2,1-3H3. The first-order chi connectivity index (χ1) is 8.31. The fraction of sp³-hybridized carbons (Fsp3) is 0.571. The highest BCUT2D eigenvalue weighted by molar-refractivity contribution is 7.92. The van der Waals surface area contributed by atoms with Gasteiger partial charge in [0, 0.05) is 12.6 Å². The zero-order valence-electron chi connectivity index (χ0n) is 11.2. The average molecular weight is 267 g/mol. The summed E-state index contributed by atoms with van der Waals surface area (Å²) in [4.78, 5) is 0. The van der Waals surface area contributed by atoms with E-state index in [0.717, 1.165) is 6.54 Å². The summed E-state index contributed by atoms with van der Waals surface area (Å²) >= 11 is 0. The number of hydrogen-bond acceptors (Lipinski definition) is 3. The Kier molecular flexibility index (Phi) is 3.52. The Morgan fingerprint density at radius 3 is 2.61 bits per heavy atom. The molecule has 0 saturated carbocycles. The van der Waals surface area contributed by atoms with Crippen molar-refractivity contribution in [3.63, 3.8) is 0 Å². The highest BCUT2D eigenvalue weighted by atomic mass is 32.2. The number of rotatable bonds is 3. The lowest BCUT2D eigenvalue weighted by molar-refractivity contribution is 0.533. The number of hydrogen-bond donors (Lipinski definition) is 1. The van der Waals surface area contributed by atoms with Gasteiger partial charge in [-0.3, -0.25) is 0 Å². The van der Waals surface area contributed by atoms with Crippen LogP contribution in [0, 0.1) is 0 Å². The van der Waals surface area contributed by atoms with Crippen LogP contribution < -0.4 is 5.32 Å². The Balaban J connectivity index is 2.06. The van der Waals surface area contributed by atoms with E-state index < -0.39 is 14.6 Å². The lowest BCUT2D eigenvalue weighted by Crippen LogP contribution is -2.31. The van der Waals surface area contributed by atoms with Gasteiger partial charge in [-0.2, -0.15) is 0 Å². The minimum atomic E-state index is -3.03. The van der Waals surface area contributed by atoms with Gasteiger partial charge in [0.15, 0.2) is 9.84 Å². The molecule has 0 amide bonds. The van der Waals surface area contributed by atoms with Crippen molar-refractivity contribution < 1.29 is 8.42 Å². The predicted molar refractivity (Wildman–Crippen MR) is 74.2 cm³/mol. The summed E-state index contributed by atoms with van der Waals surface area (Å²) in [6.07, 6.45) is 0.649. The Bertz CT molecular complexity index is 529. The Morgan fingerprint density at radius 2 is 1.94 bits per heavy atom. The molecule has 1 atom stereocenters. The molecule has 1 aromatic carbocycles. The van der Waals surface area contributed by atoms with Crippen LogP contribution in [-0.4, -0.2) is 18.9 Å². The quantitative estimate of drug-likeness (QED) is 0.915. The van der Waals surface area contributed by atoms with Crippen molar-refractivity contribution in [1.82, 2.24) is 5.32 Å². The topological polar surface area (TPSA) is 46.2 Å². The van der Waals surface area contributed by atoms with Crippen LogP contribution in [0.3, 0.4) is 0 Å². The lowest BCUT2D eigenvalue weighted by Gasteiger charge is -2.20. The Morgan fingerprint density at radius 1 is 1.28 bits per heavy atom.